The van der Waals surface area contributed by atoms with Gasteiger partial charge in [-0.05, 0) is 42.5 Å². The van der Waals surface area contributed by atoms with E-state index in [4.69, 9.17) is 0 Å². The van der Waals surface area contributed by atoms with Gasteiger partial charge in [0.05, 0.1) is 33.5 Å². The van der Waals surface area contributed by atoms with Gasteiger partial charge in [-0.15, -0.1) is 0 Å². The monoisotopic (exact) mass is 426 g/mol. The molecule has 5 rings (SSSR count). The predicted octanol–water partition coefficient (Wildman–Crippen LogP) is 4.58. The van der Waals surface area contributed by atoms with E-state index >= 15 is 0 Å². The molecule has 0 atom stereocenters. The van der Waals surface area contributed by atoms with Gasteiger partial charge in [-0.3, -0.25) is 14.7 Å². The van der Waals surface area contributed by atoms with Crippen molar-refractivity contribution in [3.63, 3.8) is 0 Å². The first-order chi connectivity index (χ1) is 14.8. The summed E-state index contributed by atoms with van der Waals surface area (Å²) in [7, 11) is 0. The van der Waals surface area contributed by atoms with Crippen LogP contribution >= 0.6 is 0 Å². The lowest BCUT2D eigenvalue weighted by atomic mass is 10.0. The number of hydrogen-bond acceptors (Lipinski definition) is 4. The molecule has 1 N–H and O–H groups in total. The molecular formula is C21H10F4N4O2. The van der Waals surface area contributed by atoms with Crippen LogP contribution in [0.3, 0.4) is 0 Å². The van der Waals surface area contributed by atoms with Gasteiger partial charge in [-0.1, -0.05) is 6.07 Å². The van der Waals surface area contributed by atoms with Gasteiger partial charge in [0.15, 0.2) is 5.65 Å². The van der Waals surface area contributed by atoms with E-state index in [9.17, 15) is 27.2 Å². The highest BCUT2D eigenvalue weighted by Gasteiger charge is 2.41. The molecule has 0 saturated heterocycles. The van der Waals surface area contributed by atoms with Crippen LogP contribution in [0.4, 0.5) is 23.2 Å². The topological polar surface area (TPSA) is 79.0 Å². The lowest BCUT2D eigenvalue weighted by molar-refractivity contribution is -0.137. The third-order valence-electron chi connectivity index (χ3n) is 5.00. The van der Waals surface area contributed by atoms with Crippen molar-refractivity contribution in [2.24, 2.45) is 0 Å². The molecular weight excluding hydrogens is 416 g/mol. The molecule has 0 fully saturated rings. The Morgan fingerprint density at radius 3 is 2.42 bits per heavy atom. The van der Waals surface area contributed by atoms with Crippen LogP contribution < -0.4 is 4.90 Å². The van der Waals surface area contributed by atoms with Gasteiger partial charge >= 0.3 is 6.18 Å². The number of aromatic amines is 1. The second-order valence-corrected chi connectivity index (χ2v) is 6.84. The summed E-state index contributed by atoms with van der Waals surface area (Å²) < 4.78 is 52.6. The lowest BCUT2D eigenvalue weighted by Crippen LogP contribution is -2.29. The number of rotatable bonds is 2. The Morgan fingerprint density at radius 2 is 1.71 bits per heavy atom. The summed E-state index contributed by atoms with van der Waals surface area (Å²) in [6, 6.07) is 9.34. The zero-order chi connectivity index (χ0) is 21.9. The number of nitrogens with zero attached hydrogens (tertiary/aromatic N) is 3. The van der Waals surface area contributed by atoms with Crippen molar-refractivity contribution in [1.82, 2.24) is 15.2 Å². The fourth-order valence-electron chi connectivity index (χ4n) is 3.58. The van der Waals surface area contributed by atoms with Crippen molar-refractivity contribution in [3.05, 3.63) is 77.2 Å². The van der Waals surface area contributed by atoms with Crippen LogP contribution in [0.2, 0.25) is 0 Å². The zero-order valence-electron chi connectivity index (χ0n) is 15.4. The number of fused-ring (bicyclic) bond motifs is 3. The van der Waals surface area contributed by atoms with Gasteiger partial charge in [0.2, 0.25) is 0 Å². The van der Waals surface area contributed by atoms with Crippen LogP contribution in [0, 0.1) is 5.82 Å². The first-order valence-corrected chi connectivity index (χ1v) is 8.95. The molecule has 0 saturated carbocycles. The zero-order valence-corrected chi connectivity index (χ0v) is 15.4. The number of pyridine rings is 1. The average Bonchev–Trinajstić information content (AvgIpc) is 3.27. The highest BCUT2D eigenvalue weighted by molar-refractivity contribution is 6.38. The second kappa shape index (κ2) is 6.46. The van der Waals surface area contributed by atoms with Crippen molar-refractivity contribution < 1.29 is 27.2 Å². The number of carbonyl (C=O) groups is 2. The number of benzene rings is 2. The third-order valence-corrected chi connectivity index (χ3v) is 5.00. The van der Waals surface area contributed by atoms with E-state index in [1.54, 1.807) is 0 Å². The molecule has 1 aliphatic rings. The van der Waals surface area contributed by atoms with Crippen molar-refractivity contribution in [2.75, 3.05) is 4.90 Å². The number of amides is 2. The molecule has 2 aromatic heterocycles. The van der Waals surface area contributed by atoms with Gasteiger partial charge in [0, 0.05) is 11.8 Å². The molecule has 3 heterocycles. The molecule has 10 heteroatoms. The summed E-state index contributed by atoms with van der Waals surface area (Å²) in [5.41, 5.74) is -0.297. The Kier molecular flexibility index (Phi) is 3.94. The maximum absolute atomic E-state index is 13.3. The van der Waals surface area contributed by atoms with Crippen LogP contribution in [0.5, 0.6) is 0 Å². The van der Waals surface area contributed by atoms with E-state index in [0.717, 1.165) is 18.2 Å². The summed E-state index contributed by atoms with van der Waals surface area (Å²) in [5, 5.41) is 7.00. The third kappa shape index (κ3) is 2.87. The van der Waals surface area contributed by atoms with Crippen LogP contribution in [-0.2, 0) is 6.18 Å². The molecule has 0 unspecified atom stereocenters. The summed E-state index contributed by atoms with van der Waals surface area (Å²) in [4.78, 5) is 30.9. The Hall–Kier alpha value is -4.08. The van der Waals surface area contributed by atoms with E-state index < -0.39 is 29.4 Å². The Labute approximate surface area is 171 Å². The molecule has 4 aromatic rings. The summed E-state index contributed by atoms with van der Waals surface area (Å²) in [6.07, 6.45) is -3.47. The quantitative estimate of drug-likeness (QED) is 0.376. The minimum atomic E-state index is -4.64. The number of alkyl halides is 3. The number of H-pyrrole nitrogens is 1. The van der Waals surface area contributed by atoms with Crippen LogP contribution in [0.1, 0.15) is 26.3 Å². The van der Waals surface area contributed by atoms with Gasteiger partial charge in [0.25, 0.3) is 11.8 Å². The predicted molar refractivity (Wildman–Crippen MR) is 102 cm³/mol. The summed E-state index contributed by atoms with van der Waals surface area (Å²) in [6.45, 7) is 0. The molecule has 2 amide bonds. The maximum atomic E-state index is 13.3. The van der Waals surface area contributed by atoms with Crippen molar-refractivity contribution in [2.45, 2.75) is 6.18 Å². The largest absolute Gasteiger partial charge is 0.416 e. The first kappa shape index (κ1) is 18.9. The molecule has 6 nitrogen and oxygen atoms in total. The molecule has 2 aromatic carbocycles. The highest BCUT2D eigenvalue weighted by atomic mass is 19.4. The van der Waals surface area contributed by atoms with E-state index in [0.29, 0.717) is 16.2 Å². The number of imide groups is 1. The molecule has 154 valence electrons. The SMILES string of the molecule is O=C1c2cnc3n[nH]c(-c4ccc(F)cc4)c3c2C(=O)N1c1cccc(C(F)(F)F)c1. The fourth-order valence-corrected chi connectivity index (χ4v) is 3.58. The van der Waals surface area contributed by atoms with Crippen LogP contribution in [0.15, 0.2) is 54.7 Å². The van der Waals surface area contributed by atoms with Gasteiger partial charge in [0.1, 0.15) is 5.82 Å². The average molecular weight is 426 g/mol. The smallest absolute Gasteiger partial charge is 0.275 e. The number of nitrogens with one attached hydrogen (secondary N) is 1. The number of halogens is 4. The molecule has 0 aliphatic carbocycles. The van der Waals surface area contributed by atoms with Gasteiger partial charge in [-0.25, -0.2) is 14.3 Å². The number of aromatic nitrogens is 3. The van der Waals surface area contributed by atoms with E-state index in [2.05, 4.69) is 15.2 Å². The van der Waals surface area contributed by atoms with E-state index in [1.165, 1.54) is 36.5 Å². The molecule has 1 aliphatic heterocycles. The maximum Gasteiger partial charge on any atom is 0.416 e. The molecule has 0 radical (unpaired) electrons. The molecule has 31 heavy (non-hydrogen) atoms. The standard InChI is InChI=1S/C21H10F4N4O2/c22-12-6-4-10(5-7-12)17-16-15-14(9-26-18(16)28-27-17)19(30)29(20(15)31)13-3-1-2-11(8-13)21(23,24)25/h1-9H,(H,26,27,28). The highest BCUT2D eigenvalue weighted by Crippen LogP contribution is 2.38. The minimum Gasteiger partial charge on any atom is -0.275 e. The second-order valence-electron chi connectivity index (χ2n) is 6.84. The van der Waals surface area contributed by atoms with Gasteiger partial charge < -0.3 is 0 Å². The number of carbonyl (C=O) groups excluding carboxylic acids is 2. The molecule has 0 bridgehead atoms. The number of hydrogen-bond donors (Lipinski definition) is 1. The van der Waals surface area contributed by atoms with Crippen molar-refractivity contribution in [1.29, 1.82) is 0 Å². The fraction of sp³-hybridized carbons (Fsp3) is 0.0476. The van der Waals surface area contributed by atoms with Crippen LogP contribution in [-0.4, -0.2) is 27.0 Å². The van der Waals surface area contributed by atoms with Crippen molar-refractivity contribution >= 4 is 28.5 Å². The normalized spacial score (nSPS) is 13.9. The summed E-state index contributed by atoms with van der Waals surface area (Å²) >= 11 is 0. The Morgan fingerprint density at radius 1 is 0.968 bits per heavy atom. The van der Waals surface area contributed by atoms with Crippen LogP contribution in [0.25, 0.3) is 22.3 Å². The minimum absolute atomic E-state index is 0.0273. The first-order valence-electron chi connectivity index (χ1n) is 8.95. The van der Waals surface area contributed by atoms with E-state index in [1.807, 2.05) is 0 Å². The number of anilines is 1. The lowest BCUT2D eigenvalue weighted by Gasteiger charge is -2.16. The Bertz CT molecular complexity index is 1380. The summed E-state index contributed by atoms with van der Waals surface area (Å²) in [5.74, 6) is -2.05. The molecule has 0 spiro atoms. The van der Waals surface area contributed by atoms with Crippen molar-refractivity contribution in [3.8, 4) is 11.3 Å². The Balaban J connectivity index is 1.68. The van der Waals surface area contributed by atoms with E-state index in [-0.39, 0.29) is 27.8 Å². The van der Waals surface area contributed by atoms with Gasteiger partial charge in [-0.2, -0.15) is 18.3 Å².